The molecular weight excluding hydrogens is 466 g/mol. The molecule has 1 unspecified atom stereocenters. The summed E-state index contributed by atoms with van der Waals surface area (Å²) >= 11 is 0. The number of pyridine rings is 1. The predicted molar refractivity (Wildman–Crippen MR) is 143 cm³/mol. The molecule has 1 aliphatic carbocycles. The Labute approximate surface area is 216 Å². The number of nitrogens with one attached hydrogen (secondary N) is 1. The van der Waals surface area contributed by atoms with Crippen LogP contribution in [-0.2, 0) is 0 Å². The summed E-state index contributed by atoms with van der Waals surface area (Å²) in [7, 11) is 1.68. The number of tetrazole rings is 1. The first-order valence-corrected chi connectivity index (χ1v) is 13.1. The molecule has 3 heterocycles. The van der Waals surface area contributed by atoms with Crippen molar-refractivity contribution in [3.05, 3.63) is 75.8 Å². The van der Waals surface area contributed by atoms with Crippen LogP contribution in [0.3, 0.4) is 0 Å². The maximum atomic E-state index is 13.5. The van der Waals surface area contributed by atoms with Crippen molar-refractivity contribution < 1.29 is 4.74 Å². The third kappa shape index (κ3) is 4.59. The molecule has 2 aliphatic rings. The van der Waals surface area contributed by atoms with E-state index in [1.165, 1.54) is 18.5 Å². The van der Waals surface area contributed by atoms with Crippen molar-refractivity contribution in [2.45, 2.75) is 44.7 Å². The first-order chi connectivity index (χ1) is 18.1. The topological polar surface area (TPSA) is 92.2 Å². The van der Waals surface area contributed by atoms with E-state index in [0.29, 0.717) is 5.56 Å². The molecule has 0 bridgehead atoms. The molecular formula is C28H33N7O2. The van der Waals surface area contributed by atoms with Crippen LogP contribution >= 0.6 is 0 Å². The van der Waals surface area contributed by atoms with Gasteiger partial charge in [-0.05, 0) is 78.0 Å². The van der Waals surface area contributed by atoms with Crippen molar-refractivity contribution in [1.82, 2.24) is 30.1 Å². The molecule has 1 saturated carbocycles. The second-order valence-corrected chi connectivity index (χ2v) is 10.2. The molecule has 0 spiro atoms. The number of benzene rings is 2. The summed E-state index contributed by atoms with van der Waals surface area (Å²) in [5.74, 6) is 1.62. The van der Waals surface area contributed by atoms with Crippen LogP contribution in [0, 0.1) is 6.92 Å². The molecule has 0 amide bonds. The average Bonchev–Trinajstić information content (AvgIpc) is 3.62. The molecule has 37 heavy (non-hydrogen) atoms. The number of fused-ring (bicyclic) bond motifs is 1. The number of nitrogens with zero attached hydrogens (tertiary/aromatic N) is 6. The Morgan fingerprint density at radius 3 is 2.49 bits per heavy atom. The summed E-state index contributed by atoms with van der Waals surface area (Å²) in [6, 6.07) is 16.3. The third-order valence-corrected chi connectivity index (χ3v) is 7.87. The zero-order chi connectivity index (χ0) is 25.4. The van der Waals surface area contributed by atoms with E-state index in [1.807, 2.05) is 35.0 Å². The van der Waals surface area contributed by atoms with Gasteiger partial charge in [0.2, 0.25) is 0 Å². The first kappa shape index (κ1) is 23.7. The molecule has 9 nitrogen and oxygen atoms in total. The average molecular weight is 500 g/mol. The Bertz CT molecular complexity index is 1430. The van der Waals surface area contributed by atoms with Gasteiger partial charge in [0.15, 0.2) is 5.82 Å². The number of anilines is 1. The lowest BCUT2D eigenvalue weighted by Crippen LogP contribution is -2.49. The van der Waals surface area contributed by atoms with E-state index in [2.05, 4.69) is 55.4 Å². The highest BCUT2D eigenvalue weighted by molar-refractivity contribution is 5.79. The number of aryl methyl sites for hydroxylation is 1. The van der Waals surface area contributed by atoms with Crippen LogP contribution in [0.15, 0.2) is 53.3 Å². The largest absolute Gasteiger partial charge is 0.497 e. The van der Waals surface area contributed by atoms with Crippen LogP contribution in [0.4, 0.5) is 5.69 Å². The van der Waals surface area contributed by atoms with Crippen molar-refractivity contribution in [3.8, 4) is 5.75 Å². The molecule has 9 heteroatoms. The smallest absolute Gasteiger partial charge is 0.253 e. The summed E-state index contributed by atoms with van der Waals surface area (Å²) in [4.78, 5) is 21.4. The summed E-state index contributed by atoms with van der Waals surface area (Å²) in [5, 5.41) is 14.1. The zero-order valence-electron chi connectivity index (χ0n) is 21.4. The van der Waals surface area contributed by atoms with Crippen molar-refractivity contribution in [2.24, 2.45) is 0 Å². The Hall–Kier alpha value is -3.72. The number of piperazine rings is 1. The van der Waals surface area contributed by atoms with Crippen LogP contribution in [0.5, 0.6) is 5.75 Å². The Balaban J connectivity index is 1.36. The van der Waals surface area contributed by atoms with Crippen LogP contribution in [0.1, 0.15) is 54.7 Å². The Morgan fingerprint density at radius 1 is 1.00 bits per heavy atom. The molecule has 1 aliphatic heterocycles. The molecule has 1 atom stereocenters. The second kappa shape index (κ2) is 9.97. The van der Waals surface area contributed by atoms with E-state index in [4.69, 9.17) is 4.74 Å². The minimum Gasteiger partial charge on any atom is -0.497 e. The molecule has 6 rings (SSSR count). The van der Waals surface area contributed by atoms with Gasteiger partial charge in [0.25, 0.3) is 5.56 Å². The molecule has 2 aromatic carbocycles. The molecule has 2 aromatic heterocycles. The standard InChI is InChI=1S/C28H33N7O2/c1-19-7-12-25-20(17-19)18-24(28(36)29-25)26(27-30-31-32-35(27)22-5-3-4-6-22)34-15-13-33(14-16-34)21-8-10-23(37-2)11-9-21/h7-12,17-18,22,26H,3-6,13-16H2,1-2H3,(H,29,36). The SMILES string of the molecule is COc1ccc(N2CCN(C(c3cc4cc(C)ccc4[nH]c3=O)c3nnnn3C3CCCC3)CC2)cc1. The van der Waals surface area contributed by atoms with Gasteiger partial charge in [0.05, 0.1) is 13.2 Å². The van der Waals surface area contributed by atoms with Crippen LogP contribution in [0.25, 0.3) is 10.9 Å². The molecule has 192 valence electrons. The minimum absolute atomic E-state index is 0.0834. The number of rotatable bonds is 6. The highest BCUT2D eigenvalue weighted by Crippen LogP contribution is 2.34. The molecule has 4 aromatic rings. The van der Waals surface area contributed by atoms with Gasteiger partial charge >= 0.3 is 0 Å². The number of aromatic amines is 1. The zero-order valence-corrected chi connectivity index (χ0v) is 21.4. The van der Waals surface area contributed by atoms with Gasteiger partial charge in [-0.2, -0.15) is 0 Å². The lowest BCUT2D eigenvalue weighted by atomic mass is 10.0. The van der Waals surface area contributed by atoms with E-state index >= 15 is 0 Å². The quantitative estimate of drug-likeness (QED) is 0.431. The Morgan fingerprint density at radius 2 is 1.76 bits per heavy atom. The van der Waals surface area contributed by atoms with Gasteiger partial charge in [0, 0.05) is 42.9 Å². The van der Waals surface area contributed by atoms with E-state index in [1.54, 1.807) is 7.11 Å². The van der Waals surface area contributed by atoms with Crippen LogP contribution < -0.4 is 15.2 Å². The fourth-order valence-electron chi connectivity index (χ4n) is 5.87. The summed E-state index contributed by atoms with van der Waals surface area (Å²) in [6.45, 7) is 5.34. The number of aromatic nitrogens is 5. The molecule has 0 radical (unpaired) electrons. The van der Waals surface area contributed by atoms with E-state index in [-0.39, 0.29) is 17.6 Å². The van der Waals surface area contributed by atoms with Gasteiger partial charge in [-0.1, -0.05) is 24.5 Å². The van der Waals surface area contributed by atoms with Crippen molar-refractivity contribution in [3.63, 3.8) is 0 Å². The fraction of sp³-hybridized carbons (Fsp3) is 0.429. The van der Waals surface area contributed by atoms with Gasteiger partial charge in [-0.3, -0.25) is 9.69 Å². The van der Waals surface area contributed by atoms with Crippen LogP contribution in [0.2, 0.25) is 0 Å². The van der Waals surface area contributed by atoms with Gasteiger partial charge < -0.3 is 14.6 Å². The van der Waals surface area contributed by atoms with Crippen molar-refractivity contribution >= 4 is 16.6 Å². The number of ether oxygens (including phenoxy) is 1. The number of hydrogen-bond donors (Lipinski definition) is 1. The molecule has 2 fully saturated rings. The summed E-state index contributed by atoms with van der Waals surface area (Å²) in [6.07, 6.45) is 4.52. The number of H-pyrrole nitrogens is 1. The second-order valence-electron chi connectivity index (χ2n) is 10.2. The summed E-state index contributed by atoms with van der Waals surface area (Å²) < 4.78 is 7.31. The monoisotopic (exact) mass is 499 g/mol. The number of hydrogen-bond acceptors (Lipinski definition) is 7. The molecule has 1 saturated heterocycles. The van der Waals surface area contributed by atoms with E-state index in [9.17, 15) is 4.79 Å². The van der Waals surface area contributed by atoms with Crippen molar-refractivity contribution in [1.29, 1.82) is 0 Å². The van der Waals surface area contributed by atoms with Gasteiger partial charge in [-0.25, -0.2) is 4.68 Å². The normalized spacial score (nSPS) is 17.9. The minimum atomic E-state index is -0.317. The van der Waals surface area contributed by atoms with Crippen LogP contribution in [-0.4, -0.2) is 63.4 Å². The van der Waals surface area contributed by atoms with E-state index in [0.717, 1.165) is 67.1 Å². The maximum absolute atomic E-state index is 13.5. The van der Waals surface area contributed by atoms with E-state index < -0.39 is 0 Å². The first-order valence-electron chi connectivity index (χ1n) is 13.1. The lowest BCUT2D eigenvalue weighted by molar-refractivity contribution is 0.197. The molecule has 1 N–H and O–H groups in total. The predicted octanol–water partition coefficient (Wildman–Crippen LogP) is 3.86. The van der Waals surface area contributed by atoms with Gasteiger partial charge in [0.1, 0.15) is 11.8 Å². The maximum Gasteiger partial charge on any atom is 0.253 e. The highest BCUT2D eigenvalue weighted by atomic mass is 16.5. The highest BCUT2D eigenvalue weighted by Gasteiger charge is 2.34. The fourth-order valence-corrected chi connectivity index (χ4v) is 5.87. The van der Waals surface area contributed by atoms with Crippen molar-refractivity contribution in [2.75, 3.05) is 38.2 Å². The lowest BCUT2D eigenvalue weighted by Gasteiger charge is -2.39. The summed E-state index contributed by atoms with van der Waals surface area (Å²) in [5.41, 5.74) is 3.79. The van der Waals surface area contributed by atoms with Gasteiger partial charge in [-0.15, -0.1) is 5.10 Å². The third-order valence-electron chi connectivity index (χ3n) is 7.87. The number of methoxy groups -OCH3 is 1. The Kier molecular flexibility index (Phi) is 6.38.